The zero-order chi connectivity index (χ0) is 23.1. The Kier molecular flexibility index (Phi) is 7.97. The summed E-state index contributed by atoms with van der Waals surface area (Å²) in [6, 6.07) is 11.8. The molecule has 0 bridgehead atoms. The van der Waals surface area contributed by atoms with Crippen molar-refractivity contribution < 1.29 is 22.7 Å². The molecule has 168 valence electrons. The molecule has 1 amide bonds. The summed E-state index contributed by atoms with van der Waals surface area (Å²) in [5.74, 6) is 0.693. The molecule has 0 atom stereocenters. The molecule has 32 heavy (non-hydrogen) atoms. The minimum Gasteiger partial charge on any atom is -0.486 e. The number of alkyl halides is 3. The number of halogens is 4. The third-order valence-corrected chi connectivity index (χ3v) is 5.59. The van der Waals surface area contributed by atoms with Crippen molar-refractivity contribution in [3.05, 3.63) is 77.0 Å². The van der Waals surface area contributed by atoms with Crippen LogP contribution in [0.3, 0.4) is 0 Å². The topological polar surface area (TPSA) is 69.0 Å². The van der Waals surface area contributed by atoms with Crippen molar-refractivity contribution >= 4 is 39.3 Å². The zero-order valence-corrected chi connectivity index (χ0v) is 19.0. The highest BCUT2D eigenvalue weighted by Gasteiger charge is 2.30. The Morgan fingerprint density at radius 2 is 1.97 bits per heavy atom. The molecule has 0 aliphatic heterocycles. The summed E-state index contributed by atoms with van der Waals surface area (Å²) >= 11 is 4.47. The number of ether oxygens (including phenoxy) is 1. The number of allylic oxidation sites excluding steroid dienone is 1. The van der Waals surface area contributed by atoms with Crippen LogP contribution in [0.4, 0.5) is 18.9 Å². The largest absolute Gasteiger partial charge is 0.486 e. The van der Waals surface area contributed by atoms with Crippen LogP contribution in [0.2, 0.25) is 0 Å². The van der Waals surface area contributed by atoms with Crippen molar-refractivity contribution in [1.82, 2.24) is 14.8 Å². The van der Waals surface area contributed by atoms with E-state index in [0.717, 1.165) is 28.4 Å². The van der Waals surface area contributed by atoms with Gasteiger partial charge in [0.2, 0.25) is 5.91 Å². The van der Waals surface area contributed by atoms with Gasteiger partial charge in [0.25, 0.3) is 0 Å². The van der Waals surface area contributed by atoms with Gasteiger partial charge in [-0.25, -0.2) is 0 Å². The molecule has 1 aromatic heterocycles. The first-order chi connectivity index (χ1) is 15.3. The molecule has 6 nitrogen and oxygen atoms in total. The lowest BCUT2D eigenvalue weighted by atomic mass is 10.2. The fourth-order valence-corrected chi connectivity index (χ4v) is 3.66. The van der Waals surface area contributed by atoms with E-state index in [1.54, 1.807) is 10.6 Å². The van der Waals surface area contributed by atoms with E-state index < -0.39 is 17.6 Å². The quantitative estimate of drug-likeness (QED) is 0.292. The summed E-state index contributed by atoms with van der Waals surface area (Å²) < 4.78 is 46.9. The van der Waals surface area contributed by atoms with E-state index in [-0.39, 0.29) is 18.0 Å². The summed E-state index contributed by atoms with van der Waals surface area (Å²) in [6.45, 7) is 4.29. The van der Waals surface area contributed by atoms with Crippen LogP contribution in [-0.2, 0) is 24.1 Å². The Bertz CT molecular complexity index is 1090. The van der Waals surface area contributed by atoms with Crippen molar-refractivity contribution in [3.63, 3.8) is 0 Å². The van der Waals surface area contributed by atoms with Crippen LogP contribution < -0.4 is 10.1 Å². The Balaban J connectivity index is 1.61. The third kappa shape index (κ3) is 6.60. The highest BCUT2D eigenvalue weighted by molar-refractivity contribution is 9.10. The molecule has 0 fully saturated rings. The van der Waals surface area contributed by atoms with Crippen molar-refractivity contribution in [1.29, 1.82) is 0 Å². The average Bonchev–Trinajstić information content (AvgIpc) is 3.13. The predicted molar refractivity (Wildman–Crippen MR) is 119 cm³/mol. The first-order valence-electron chi connectivity index (χ1n) is 9.27. The van der Waals surface area contributed by atoms with E-state index in [4.69, 9.17) is 4.74 Å². The van der Waals surface area contributed by atoms with E-state index in [0.29, 0.717) is 23.3 Å². The maximum Gasteiger partial charge on any atom is 0.416 e. The molecular formula is C21H18BrF3N4O2S. The molecule has 0 spiro atoms. The van der Waals surface area contributed by atoms with Crippen LogP contribution in [0.5, 0.6) is 5.75 Å². The number of nitrogens with one attached hydrogen (secondary N) is 1. The monoisotopic (exact) mass is 526 g/mol. The lowest BCUT2D eigenvalue weighted by molar-refractivity contribution is -0.137. The zero-order valence-electron chi connectivity index (χ0n) is 16.6. The van der Waals surface area contributed by atoms with Crippen molar-refractivity contribution in [2.75, 3.05) is 11.1 Å². The smallest absolute Gasteiger partial charge is 0.416 e. The van der Waals surface area contributed by atoms with Gasteiger partial charge in [-0.1, -0.05) is 39.8 Å². The number of hydrogen-bond donors (Lipinski definition) is 1. The highest BCUT2D eigenvalue weighted by Crippen LogP contribution is 2.30. The van der Waals surface area contributed by atoms with Gasteiger partial charge in [0.15, 0.2) is 11.0 Å². The summed E-state index contributed by atoms with van der Waals surface area (Å²) in [5.41, 5.74) is -0.759. The van der Waals surface area contributed by atoms with Gasteiger partial charge in [0.1, 0.15) is 12.4 Å². The molecule has 0 aliphatic carbocycles. The minimum absolute atomic E-state index is 0.0565. The van der Waals surface area contributed by atoms with Crippen molar-refractivity contribution in [3.8, 4) is 5.75 Å². The fraction of sp³-hybridized carbons (Fsp3) is 0.190. The molecule has 3 rings (SSSR count). The van der Waals surface area contributed by atoms with Crippen LogP contribution in [0, 0.1) is 0 Å². The summed E-state index contributed by atoms with van der Waals surface area (Å²) in [6.07, 6.45) is -2.81. The molecule has 1 heterocycles. The van der Waals surface area contributed by atoms with Gasteiger partial charge in [-0.15, -0.1) is 16.8 Å². The van der Waals surface area contributed by atoms with E-state index >= 15 is 0 Å². The molecular weight excluding hydrogens is 509 g/mol. The number of carbonyl (C=O) groups excluding carboxylic acids is 1. The number of benzene rings is 2. The Morgan fingerprint density at radius 3 is 2.66 bits per heavy atom. The van der Waals surface area contributed by atoms with Gasteiger partial charge in [-0.05, 0) is 42.5 Å². The third-order valence-electron chi connectivity index (χ3n) is 4.09. The van der Waals surface area contributed by atoms with E-state index in [1.807, 2.05) is 24.3 Å². The van der Waals surface area contributed by atoms with E-state index in [1.165, 1.54) is 12.1 Å². The van der Waals surface area contributed by atoms with E-state index in [9.17, 15) is 18.0 Å². The molecule has 3 aromatic rings. The van der Waals surface area contributed by atoms with Gasteiger partial charge in [-0.3, -0.25) is 9.36 Å². The molecule has 2 aromatic carbocycles. The fourth-order valence-electron chi connectivity index (χ4n) is 2.62. The van der Waals surface area contributed by atoms with Crippen molar-refractivity contribution in [2.45, 2.75) is 24.5 Å². The van der Waals surface area contributed by atoms with Crippen LogP contribution in [-0.4, -0.2) is 26.4 Å². The average molecular weight is 527 g/mol. The molecule has 0 aliphatic rings. The van der Waals surface area contributed by atoms with Crippen molar-refractivity contribution in [2.24, 2.45) is 0 Å². The second-order valence-electron chi connectivity index (χ2n) is 6.46. The molecule has 11 heteroatoms. The number of hydrogen-bond acceptors (Lipinski definition) is 5. The number of amides is 1. The van der Waals surface area contributed by atoms with Gasteiger partial charge < -0.3 is 10.1 Å². The second-order valence-corrected chi connectivity index (χ2v) is 8.31. The minimum atomic E-state index is -4.48. The second kappa shape index (κ2) is 10.7. The SMILES string of the molecule is C=CCn1c(COc2ccc(Br)cc2)nnc1SCC(=O)Nc1cccc(C(F)(F)F)c1. The highest BCUT2D eigenvalue weighted by atomic mass is 79.9. The van der Waals surface area contributed by atoms with Gasteiger partial charge in [-0.2, -0.15) is 13.2 Å². The standard InChI is InChI=1S/C21H18BrF3N4O2S/c1-2-10-29-18(12-31-17-8-6-15(22)7-9-17)27-28-20(29)32-13-19(30)26-16-5-3-4-14(11-16)21(23,24)25/h2-9,11H,1,10,12-13H2,(H,26,30). The lowest BCUT2D eigenvalue weighted by Gasteiger charge is -2.10. The summed E-state index contributed by atoms with van der Waals surface area (Å²) in [5, 5.41) is 11.2. The Morgan fingerprint density at radius 1 is 1.22 bits per heavy atom. The van der Waals surface area contributed by atoms with Crippen LogP contribution in [0.15, 0.2) is 70.8 Å². The molecule has 0 saturated carbocycles. The summed E-state index contributed by atoms with van der Waals surface area (Å²) in [4.78, 5) is 12.2. The normalized spacial score (nSPS) is 11.2. The number of anilines is 1. The lowest BCUT2D eigenvalue weighted by Crippen LogP contribution is -2.15. The van der Waals surface area contributed by atoms with Crippen LogP contribution >= 0.6 is 27.7 Å². The van der Waals surface area contributed by atoms with Gasteiger partial charge in [0.05, 0.1) is 11.3 Å². The molecule has 0 radical (unpaired) electrons. The Hall–Kier alpha value is -2.79. The first kappa shape index (κ1) is 23.9. The molecule has 0 saturated heterocycles. The number of thioether (sulfide) groups is 1. The summed E-state index contributed by atoms with van der Waals surface area (Å²) in [7, 11) is 0. The van der Waals surface area contributed by atoms with Gasteiger partial charge >= 0.3 is 6.18 Å². The maximum absolute atomic E-state index is 12.8. The number of aromatic nitrogens is 3. The first-order valence-corrected chi connectivity index (χ1v) is 11.1. The van der Waals surface area contributed by atoms with Crippen LogP contribution in [0.25, 0.3) is 0 Å². The number of nitrogens with zero attached hydrogens (tertiary/aromatic N) is 3. The molecule has 0 unspecified atom stereocenters. The predicted octanol–water partition coefficient (Wildman–Crippen LogP) is 5.56. The van der Waals surface area contributed by atoms with Crippen LogP contribution in [0.1, 0.15) is 11.4 Å². The number of carbonyl (C=O) groups is 1. The Labute approximate surface area is 195 Å². The molecule has 1 N–H and O–H groups in total. The number of rotatable bonds is 9. The maximum atomic E-state index is 12.8. The van der Waals surface area contributed by atoms with Gasteiger partial charge in [0, 0.05) is 16.7 Å². The van der Waals surface area contributed by atoms with E-state index in [2.05, 4.69) is 38.0 Å².